The highest BCUT2D eigenvalue weighted by Crippen LogP contribution is 2.30. The van der Waals surface area contributed by atoms with E-state index in [0.29, 0.717) is 37.0 Å². The van der Waals surface area contributed by atoms with Crippen LogP contribution in [-0.4, -0.2) is 47.9 Å². The Labute approximate surface area is 171 Å². The first-order chi connectivity index (χ1) is 11.9. The van der Waals surface area contributed by atoms with Crippen LogP contribution in [0.3, 0.4) is 0 Å². The van der Waals surface area contributed by atoms with Crippen molar-refractivity contribution in [1.82, 2.24) is 20.5 Å². The van der Waals surface area contributed by atoms with Gasteiger partial charge in [-0.05, 0) is 19.8 Å². The summed E-state index contributed by atoms with van der Waals surface area (Å²) in [4.78, 5) is 21.2. The summed E-state index contributed by atoms with van der Waals surface area (Å²) in [6.45, 7) is 4.78. The predicted molar refractivity (Wildman–Crippen MR) is 106 cm³/mol. The van der Waals surface area contributed by atoms with Gasteiger partial charge in [0.1, 0.15) is 5.01 Å². The highest BCUT2D eigenvalue weighted by Gasteiger charge is 2.33. The average molecular weight is 505 g/mol. The van der Waals surface area contributed by atoms with Crippen molar-refractivity contribution in [3.05, 3.63) is 16.1 Å². The van der Waals surface area contributed by atoms with E-state index in [0.717, 1.165) is 36.1 Å². The van der Waals surface area contributed by atoms with Crippen LogP contribution in [0, 0.1) is 0 Å². The Kier molecular flexibility index (Phi) is 9.61. The third-order valence-corrected chi connectivity index (χ3v) is 4.46. The summed E-state index contributed by atoms with van der Waals surface area (Å²) in [6, 6.07) is 0. The van der Waals surface area contributed by atoms with Gasteiger partial charge in [0.2, 0.25) is 5.91 Å². The number of halogens is 4. The molecule has 1 aromatic rings. The second kappa shape index (κ2) is 10.9. The Bertz CT molecular complexity index is 608. The summed E-state index contributed by atoms with van der Waals surface area (Å²) in [5, 5.41) is 7.47. The van der Waals surface area contributed by atoms with E-state index in [1.807, 2.05) is 11.8 Å². The maximum Gasteiger partial charge on any atom is 0.434 e. The number of thiazole rings is 1. The third kappa shape index (κ3) is 7.25. The van der Waals surface area contributed by atoms with E-state index in [1.54, 1.807) is 0 Å². The monoisotopic (exact) mass is 505 g/mol. The van der Waals surface area contributed by atoms with E-state index in [9.17, 15) is 18.0 Å². The topological polar surface area (TPSA) is 69.6 Å². The summed E-state index contributed by atoms with van der Waals surface area (Å²) < 4.78 is 37.6. The molecular formula is C15H23F3IN5OS. The number of likely N-dealkylation sites (tertiary alicyclic amines) is 1. The molecule has 11 heteroatoms. The van der Waals surface area contributed by atoms with Crippen LogP contribution >= 0.6 is 35.3 Å². The van der Waals surface area contributed by atoms with E-state index in [1.165, 1.54) is 0 Å². The number of amides is 1. The molecule has 148 valence electrons. The standard InChI is InChI=1S/C15H22F3N5OS.HI/c1-2-19-14(20-6-4-8-23-7-3-5-13(23)24)21-9-12-22-11(10-25-12)15(16,17)18;/h10H,2-9H2,1H3,(H2,19,20,21);1H. The quantitative estimate of drug-likeness (QED) is 0.259. The van der Waals surface area contributed by atoms with Crippen molar-refractivity contribution in [1.29, 1.82) is 0 Å². The molecule has 2 rings (SSSR count). The average Bonchev–Trinajstić information content (AvgIpc) is 3.18. The van der Waals surface area contributed by atoms with Crippen LogP contribution in [-0.2, 0) is 17.5 Å². The van der Waals surface area contributed by atoms with E-state index in [-0.39, 0.29) is 36.4 Å². The number of nitrogens with one attached hydrogen (secondary N) is 2. The van der Waals surface area contributed by atoms with Crippen molar-refractivity contribution < 1.29 is 18.0 Å². The summed E-state index contributed by atoms with van der Waals surface area (Å²) >= 11 is 0.944. The number of guanidine groups is 1. The molecule has 1 saturated heterocycles. The van der Waals surface area contributed by atoms with Crippen molar-refractivity contribution in [3.63, 3.8) is 0 Å². The minimum atomic E-state index is -4.42. The van der Waals surface area contributed by atoms with Gasteiger partial charge in [-0.1, -0.05) is 0 Å². The molecule has 0 aromatic carbocycles. The summed E-state index contributed by atoms with van der Waals surface area (Å²) in [5.74, 6) is 0.726. The molecule has 0 spiro atoms. The molecule has 2 heterocycles. The first-order valence-corrected chi connectivity index (χ1v) is 9.09. The zero-order valence-corrected chi connectivity index (χ0v) is 17.6. The van der Waals surface area contributed by atoms with Crippen LogP contribution in [0.15, 0.2) is 10.4 Å². The first kappa shape index (κ1) is 22.9. The highest BCUT2D eigenvalue weighted by molar-refractivity contribution is 14.0. The zero-order chi connectivity index (χ0) is 18.3. The molecule has 1 aliphatic heterocycles. The van der Waals surface area contributed by atoms with Crippen LogP contribution in [0.2, 0.25) is 0 Å². The van der Waals surface area contributed by atoms with Crippen LogP contribution in [0.5, 0.6) is 0 Å². The van der Waals surface area contributed by atoms with Crippen molar-refractivity contribution in [2.24, 2.45) is 4.99 Å². The highest BCUT2D eigenvalue weighted by atomic mass is 127. The molecule has 2 N–H and O–H groups in total. The van der Waals surface area contributed by atoms with Gasteiger partial charge in [-0.3, -0.25) is 4.79 Å². The lowest BCUT2D eigenvalue weighted by molar-refractivity contribution is -0.140. The SMILES string of the molecule is CCNC(=NCc1nc(C(F)(F)F)cs1)NCCCN1CCCC1=O.I. The van der Waals surface area contributed by atoms with Crippen molar-refractivity contribution in [3.8, 4) is 0 Å². The maximum absolute atomic E-state index is 12.5. The largest absolute Gasteiger partial charge is 0.434 e. The molecule has 0 bridgehead atoms. The number of aliphatic imine (C=N–C) groups is 1. The number of hydrogen-bond acceptors (Lipinski definition) is 4. The number of nitrogens with zero attached hydrogens (tertiary/aromatic N) is 3. The minimum absolute atomic E-state index is 0. The van der Waals surface area contributed by atoms with Gasteiger partial charge >= 0.3 is 6.18 Å². The van der Waals surface area contributed by atoms with Crippen LogP contribution in [0.1, 0.15) is 36.9 Å². The Hall–Kier alpha value is -1.11. The second-order valence-corrected chi connectivity index (χ2v) is 6.53. The number of carbonyl (C=O) groups excluding carboxylic acids is 1. The van der Waals surface area contributed by atoms with Crippen molar-refractivity contribution in [2.75, 3.05) is 26.2 Å². The second-order valence-electron chi connectivity index (χ2n) is 5.58. The van der Waals surface area contributed by atoms with Crippen LogP contribution in [0.4, 0.5) is 13.2 Å². The molecule has 26 heavy (non-hydrogen) atoms. The molecule has 6 nitrogen and oxygen atoms in total. The van der Waals surface area contributed by atoms with Gasteiger partial charge in [0.15, 0.2) is 11.7 Å². The van der Waals surface area contributed by atoms with Crippen molar-refractivity contribution >= 4 is 47.2 Å². The molecule has 0 unspecified atom stereocenters. The fourth-order valence-corrected chi connectivity index (χ4v) is 3.14. The summed E-state index contributed by atoms with van der Waals surface area (Å²) in [7, 11) is 0. The normalized spacial score (nSPS) is 15.2. The maximum atomic E-state index is 12.5. The Balaban J connectivity index is 0.00000338. The lowest BCUT2D eigenvalue weighted by atomic mass is 10.4. The van der Waals surface area contributed by atoms with E-state index in [2.05, 4.69) is 20.6 Å². The van der Waals surface area contributed by atoms with Gasteiger partial charge < -0.3 is 15.5 Å². The molecule has 1 fully saturated rings. The van der Waals surface area contributed by atoms with E-state index in [4.69, 9.17) is 0 Å². The summed E-state index contributed by atoms with van der Waals surface area (Å²) in [6.07, 6.45) is -2.09. The number of alkyl halides is 3. The predicted octanol–water partition coefficient (Wildman–Crippen LogP) is 2.85. The number of hydrogen-bond donors (Lipinski definition) is 2. The van der Waals surface area contributed by atoms with Gasteiger partial charge in [0.05, 0.1) is 6.54 Å². The molecule has 1 aliphatic rings. The van der Waals surface area contributed by atoms with Gasteiger partial charge in [0.25, 0.3) is 0 Å². The summed E-state index contributed by atoms with van der Waals surface area (Å²) in [5.41, 5.74) is -0.879. The van der Waals surface area contributed by atoms with Gasteiger partial charge in [-0.2, -0.15) is 13.2 Å². The lowest BCUT2D eigenvalue weighted by Crippen LogP contribution is -2.39. The molecule has 0 atom stereocenters. The van der Waals surface area contributed by atoms with Crippen LogP contribution in [0.25, 0.3) is 0 Å². The number of aromatic nitrogens is 1. The molecule has 0 aliphatic carbocycles. The smallest absolute Gasteiger partial charge is 0.357 e. The molecular weight excluding hydrogens is 482 g/mol. The van der Waals surface area contributed by atoms with E-state index >= 15 is 0 Å². The lowest BCUT2D eigenvalue weighted by Gasteiger charge is -2.16. The Morgan fingerprint density at radius 2 is 2.19 bits per heavy atom. The molecule has 1 amide bonds. The molecule has 0 radical (unpaired) electrons. The van der Waals surface area contributed by atoms with Crippen molar-refractivity contribution in [2.45, 2.75) is 38.9 Å². The van der Waals surface area contributed by atoms with Crippen LogP contribution < -0.4 is 10.6 Å². The fourth-order valence-electron chi connectivity index (χ4n) is 2.42. The van der Waals surface area contributed by atoms with Gasteiger partial charge in [-0.15, -0.1) is 35.3 Å². The first-order valence-electron chi connectivity index (χ1n) is 8.21. The Morgan fingerprint density at radius 3 is 2.77 bits per heavy atom. The number of rotatable bonds is 7. The third-order valence-electron chi connectivity index (χ3n) is 3.63. The minimum Gasteiger partial charge on any atom is -0.357 e. The van der Waals surface area contributed by atoms with Gasteiger partial charge in [0, 0.05) is 38.0 Å². The van der Waals surface area contributed by atoms with Gasteiger partial charge in [-0.25, -0.2) is 9.98 Å². The fraction of sp³-hybridized carbons (Fsp3) is 0.667. The molecule has 0 saturated carbocycles. The Morgan fingerprint density at radius 1 is 1.42 bits per heavy atom. The number of carbonyl (C=O) groups is 1. The van der Waals surface area contributed by atoms with E-state index < -0.39 is 11.9 Å². The molecule has 1 aromatic heterocycles. The zero-order valence-electron chi connectivity index (χ0n) is 14.4.